The number of nitrogens with one attached hydrogen (secondary N) is 1. The van der Waals surface area contributed by atoms with Gasteiger partial charge in [-0.3, -0.25) is 4.90 Å². The average Bonchev–Trinajstić information content (AvgIpc) is 2.37. The van der Waals surface area contributed by atoms with Crippen molar-refractivity contribution in [2.45, 2.75) is 25.6 Å². The van der Waals surface area contributed by atoms with Gasteiger partial charge in [0.05, 0.1) is 6.61 Å². The van der Waals surface area contributed by atoms with Crippen molar-refractivity contribution in [1.82, 2.24) is 10.2 Å². The molecule has 1 aliphatic rings. The Morgan fingerprint density at radius 3 is 2.81 bits per heavy atom. The van der Waals surface area contributed by atoms with Crippen molar-refractivity contribution in [3.63, 3.8) is 0 Å². The summed E-state index contributed by atoms with van der Waals surface area (Å²) in [6.45, 7) is 4.40. The molecule has 1 saturated heterocycles. The van der Waals surface area contributed by atoms with Crippen molar-refractivity contribution < 1.29 is 17.9 Å². The Kier molecular flexibility index (Phi) is 5.51. The second kappa shape index (κ2) is 6.42. The predicted octanol–water partition coefficient (Wildman–Crippen LogP) is 1.25. The molecular weight excluding hydrogens is 221 g/mol. The maximum Gasteiger partial charge on any atom is 0.411 e. The van der Waals surface area contributed by atoms with Gasteiger partial charge in [0.15, 0.2) is 0 Å². The van der Waals surface area contributed by atoms with E-state index in [2.05, 4.69) is 21.9 Å². The second-order valence-electron chi connectivity index (χ2n) is 4.09. The maximum absolute atomic E-state index is 11.8. The standard InChI is InChI=1S/C10H19F3N2O/c1-9-2-3-14-4-5-15(9)6-7-16-8-10(11,12)13/h9,14H,2-8H2,1H3. The van der Waals surface area contributed by atoms with Crippen LogP contribution in [0.25, 0.3) is 0 Å². The van der Waals surface area contributed by atoms with E-state index < -0.39 is 12.8 Å². The van der Waals surface area contributed by atoms with E-state index in [-0.39, 0.29) is 6.61 Å². The highest BCUT2D eigenvalue weighted by atomic mass is 19.4. The molecule has 96 valence electrons. The van der Waals surface area contributed by atoms with Gasteiger partial charge in [0.25, 0.3) is 0 Å². The van der Waals surface area contributed by atoms with E-state index in [1.54, 1.807) is 0 Å². The molecule has 3 nitrogen and oxygen atoms in total. The fourth-order valence-electron chi connectivity index (χ4n) is 1.76. The zero-order chi connectivity index (χ0) is 12.0. The Labute approximate surface area is 93.9 Å². The average molecular weight is 240 g/mol. The number of halogens is 3. The third-order valence-corrected chi connectivity index (χ3v) is 2.73. The van der Waals surface area contributed by atoms with E-state index in [9.17, 15) is 13.2 Å². The van der Waals surface area contributed by atoms with Crippen LogP contribution >= 0.6 is 0 Å². The van der Waals surface area contributed by atoms with Crippen LogP contribution in [0.15, 0.2) is 0 Å². The Hall–Kier alpha value is -0.330. The minimum absolute atomic E-state index is 0.143. The molecule has 0 aromatic carbocycles. The van der Waals surface area contributed by atoms with Crippen LogP contribution in [0.5, 0.6) is 0 Å². The minimum atomic E-state index is -4.22. The summed E-state index contributed by atoms with van der Waals surface area (Å²) in [5, 5.41) is 3.26. The van der Waals surface area contributed by atoms with Crippen molar-refractivity contribution in [2.24, 2.45) is 0 Å². The third kappa shape index (κ3) is 5.67. The lowest BCUT2D eigenvalue weighted by Gasteiger charge is -2.26. The van der Waals surface area contributed by atoms with Gasteiger partial charge in [0.1, 0.15) is 6.61 Å². The van der Waals surface area contributed by atoms with Gasteiger partial charge in [-0.2, -0.15) is 13.2 Å². The molecule has 0 aromatic heterocycles. The molecule has 16 heavy (non-hydrogen) atoms. The molecule has 0 radical (unpaired) electrons. The van der Waals surface area contributed by atoms with E-state index in [0.29, 0.717) is 12.6 Å². The topological polar surface area (TPSA) is 24.5 Å². The molecule has 0 saturated carbocycles. The lowest BCUT2D eigenvalue weighted by Crippen LogP contribution is -2.37. The van der Waals surface area contributed by atoms with Crippen LogP contribution in [0.3, 0.4) is 0 Å². The Morgan fingerprint density at radius 2 is 2.12 bits per heavy atom. The van der Waals surface area contributed by atoms with Crippen LogP contribution in [0.4, 0.5) is 13.2 Å². The first-order valence-electron chi connectivity index (χ1n) is 5.58. The molecule has 1 atom stereocenters. The largest absolute Gasteiger partial charge is 0.411 e. The number of nitrogens with zero attached hydrogens (tertiary/aromatic N) is 1. The number of alkyl halides is 3. The summed E-state index contributed by atoms with van der Waals surface area (Å²) in [6.07, 6.45) is -3.19. The van der Waals surface area contributed by atoms with Crippen LogP contribution in [0, 0.1) is 0 Å². The van der Waals surface area contributed by atoms with Crippen LogP contribution in [-0.2, 0) is 4.74 Å². The first-order valence-corrected chi connectivity index (χ1v) is 5.58. The van der Waals surface area contributed by atoms with Gasteiger partial charge in [0, 0.05) is 25.7 Å². The fraction of sp³-hybridized carbons (Fsp3) is 1.00. The van der Waals surface area contributed by atoms with E-state index in [1.165, 1.54) is 0 Å². The molecule has 6 heteroatoms. The highest BCUT2D eigenvalue weighted by molar-refractivity contribution is 4.73. The van der Waals surface area contributed by atoms with Crippen molar-refractivity contribution in [1.29, 1.82) is 0 Å². The number of hydrogen-bond donors (Lipinski definition) is 1. The highest BCUT2D eigenvalue weighted by Crippen LogP contribution is 2.14. The molecular formula is C10H19F3N2O. The van der Waals surface area contributed by atoms with Gasteiger partial charge < -0.3 is 10.1 Å². The lowest BCUT2D eigenvalue weighted by atomic mass is 10.2. The highest BCUT2D eigenvalue weighted by Gasteiger charge is 2.27. The van der Waals surface area contributed by atoms with Crippen molar-refractivity contribution in [2.75, 3.05) is 39.4 Å². The molecule has 1 unspecified atom stereocenters. The molecule has 0 aromatic rings. The van der Waals surface area contributed by atoms with E-state index in [1.807, 2.05) is 0 Å². The molecule has 1 aliphatic heterocycles. The van der Waals surface area contributed by atoms with Crippen LogP contribution in [0.1, 0.15) is 13.3 Å². The zero-order valence-electron chi connectivity index (χ0n) is 9.52. The molecule has 1 N–H and O–H groups in total. The first-order chi connectivity index (χ1) is 7.49. The predicted molar refractivity (Wildman–Crippen MR) is 55.4 cm³/mol. The van der Waals surface area contributed by atoms with Gasteiger partial charge in [-0.25, -0.2) is 0 Å². The van der Waals surface area contributed by atoms with Crippen LogP contribution in [0.2, 0.25) is 0 Å². The minimum Gasteiger partial charge on any atom is -0.371 e. The number of ether oxygens (including phenoxy) is 1. The monoisotopic (exact) mass is 240 g/mol. The Balaban J connectivity index is 2.15. The summed E-state index contributed by atoms with van der Waals surface area (Å²) in [4.78, 5) is 2.16. The molecule has 1 heterocycles. The number of rotatable bonds is 4. The lowest BCUT2D eigenvalue weighted by molar-refractivity contribution is -0.174. The smallest absolute Gasteiger partial charge is 0.371 e. The van der Waals surface area contributed by atoms with Gasteiger partial charge in [-0.1, -0.05) is 0 Å². The molecule has 1 rings (SSSR count). The van der Waals surface area contributed by atoms with Crippen LogP contribution < -0.4 is 5.32 Å². The van der Waals surface area contributed by atoms with Crippen molar-refractivity contribution >= 4 is 0 Å². The summed E-state index contributed by atoms with van der Waals surface area (Å²) in [6, 6.07) is 0.407. The Morgan fingerprint density at radius 1 is 1.38 bits per heavy atom. The molecule has 0 bridgehead atoms. The number of hydrogen-bond acceptors (Lipinski definition) is 3. The van der Waals surface area contributed by atoms with E-state index in [0.717, 1.165) is 26.1 Å². The maximum atomic E-state index is 11.8. The summed E-state index contributed by atoms with van der Waals surface area (Å²) < 4.78 is 40.0. The summed E-state index contributed by atoms with van der Waals surface area (Å²) in [5.41, 5.74) is 0. The quantitative estimate of drug-likeness (QED) is 0.748. The summed E-state index contributed by atoms with van der Waals surface area (Å²) in [7, 11) is 0. The van der Waals surface area contributed by atoms with Crippen LogP contribution in [-0.4, -0.2) is 56.5 Å². The van der Waals surface area contributed by atoms with Gasteiger partial charge in [0.2, 0.25) is 0 Å². The van der Waals surface area contributed by atoms with Crippen molar-refractivity contribution in [3.8, 4) is 0 Å². The second-order valence-corrected chi connectivity index (χ2v) is 4.09. The molecule has 0 spiro atoms. The molecule has 0 amide bonds. The van der Waals surface area contributed by atoms with Crippen molar-refractivity contribution in [3.05, 3.63) is 0 Å². The fourth-order valence-corrected chi connectivity index (χ4v) is 1.76. The SMILES string of the molecule is CC1CCNCCN1CCOCC(F)(F)F. The summed E-state index contributed by atoms with van der Waals surface area (Å²) in [5.74, 6) is 0. The third-order valence-electron chi connectivity index (χ3n) is 2.73. The van der Waals surface area contributed by atoms with Gasteiger partial charge in [-0.15, -0.1) is 0 Å². The molecule has 0 aliphatic carbocycles. The first kappa shape index (κ1) is 13.7. The van der Waals surface area contributed by atoms with E-state index >= 15 is 0 Å². The summed E-state index contributed by atoms with van der Waals surface area (Å²) >= 11 is 0. The normalized spacial score (nSPS) is 24.4. The zero-order valence-corrected chi connectivity index (χ0v) is 9.52. The van der Waals surface area contributed by atoms with E-state index in [4.69, 9.17) is 0 Å². The Bertz CT molecular complexity index is 199. The van der Waals surface area contributed by atoms with Gasteiger partial charge in [-0.05, 0) is 19.9 Å². The van der Waals surface area contributed by atoms with Gasteiger partial charge >= 0.3 is 6.18 Å². The molecule has 1 fully saturated rings.